The number of benzene rings is 2. The zero-order valence-corrected chi connectivity index (χ0v) is 18.9. The number of primary sulfonamides is 1. The molecule has 10 heteroatoms. The summed E-state index contributed by atoms with van der Waals surface area (Å²) in [6, 6.07) is 13.6. The molecule has 0 fully saturated rings. The first-order chi connectivity index (χ1) is 13.6. The first kappa shape index (κ1) is 21.6. The van der Waals surface area contributed by atoms with Gasteiger partial charge in [0.25, 0.3) is 0 Å². The van der Waals surface area contributed by atoms with Gasteiger partial charge in [0.05, 0.1) is 22.0 Å². The van der Waals surface area contributed by atoms with Crippen LogP contribution in [0.15, 0.2) is 69.3 Å². The predicted octanol–water partition coefficient (Wildman–Crippen LogP) is 3.62. The summed E-state index contributed by atoms with van der Waals surface area (Å²) in [4.78, 5) is 16.9. The first-order valence-electron chi connectivity index (χ1n) is 8.53. The Labute approximate surface area is 181 Å². The summed E-state index contributed by atoms with van der Waals surface area (Å²) in [5, 5.41) is 8.15. The number of imidazole rings is 1. The zero-order chi connectivity index (χ0) is 21.2. The summed E-state index contributed by atoms with van der Waals surface area (Å²) in [6.07, 6.45) is 1.78. The standard InChI is InChI=1S/C19H19BrN4O3S2/c1-12(18(25)23-15-7-9-16(10-8-15)29(21,26)27)28-19-22-11-17(24(19)2)13-3-5-14(20)6-4-13/h3-12H,1-2H3,(H,23,25)(H2,21,26,27)/t12-/m0/s1. The summed E-state index contributed by atoms with van der Waals surface area (Å²) >= 11 is 4.76. The van der Waals surface area contributed by atoms with Gasteiger partial charge in [0, 0.05) is 17.2 Å². The van der Waals surface area contributed by atoms with Crippen molar-refractivity contribution in [2.24, 2.45) is 12.2 Å². The highest BCUT2D eigenvalue weighted by molar-refractivity contribution is 9.10. The highest BCUT2D eigenvalue weighted by Gasteiger charge is 2.19. The van der Waals surface area contributed by atoms with Crippen LogP contribution in [-0.2, 0) is 21.9 Å². The summed E-state index contributed by atoms with van der Waals surface area (Å²) in [5.74, 6) is -0.216. The van der Waals surface area contributed by atoms with Crippen LogP contribution < -0.4 is 10.5 Å². The van der Waals surface area contributed by atoms with E-state index in [9.17, 15) is 13.2 Å². The monoisotopic (exact) mass is 494 g/mol. The van der Waals surface area contributed by atoms with Gasteiger partial charge in [-0.25, -0.2) is 18.5 Å². The van der Waals surface area contributed by atoms with Crippen LogP contribution in [0.5, 0.6) is 0 Å². The number of nitrogens with two attached hydrogens (primary N) is 1. The van der Waals surface area contributed by atoms with Crippen molar-refractivity contribution in [2.45, 2.75) is 22.2 Å². The molecule has 0 unspecified atom stereocenters. The number of halogens is 1. The Bertz CT molecular complexity index is 1130. The minimum absolute atomic E-state index is 0.00796. The number of rotatable bonds is 6. The van der Waals surface area contributed by atoms with Gasteiger partial charge in [0.1, 0.15) is 0 Å². The van der Waals surface area contributed by atoms with Gasteiger partial charge in [-0.1, -0.05) is 39.8 Å². The van der Waals surface area contributed by atoms with Gasteiger partial charge >= 0.3 is 0 Å². The average Bonchev–Trinajstić information content (AvgIpc) is 3.02. The molecule has 1 atom stereocenters. The van der Waals surface area contributed by atoms with Gasteiger partial charge in [-0.05, 0) is 48.9 Å². The van der Waals surface area contributed by atoms with Crippen molar-refractivity contribution >= 4 is 49.3 Å². The number of aromatic nitrogens is 2. The molecule has 0 radical (unpaired) electrons. The predicted molar refractivity (Wildman–Crippen MR) is 118 cm³/mol. The molecule has 2 aromatic carbocycles. The van der Waals surface area contributed by atoms with Gasteiger partial charge in [-0.2, -0.15) is 0 Å². The number of anilines is 1. The molecule has 7 nitrogen and oxygen atoms in total. The van der Waals surface area contributed by atoms with E-state index in [0.29, 0.717) is 5.69 Å². The van der Waals surface area contributed by atoms with Crippen molar-refractivity contribution in [1.82, 2.24) is 9.55 Å². The average molecular weight is 495 g/mol. The lowest BCUT2D eigenvalue weighted by Crippen LogP contribution is -2.23. The SMILES string of the molecule is C[C@H](Sc1ncc(-c2ccc(Br)cc2)n1C)C(=O)Nc1ccc(S(N)(=O)=O)cc1. The molecular weight excluding hydrogens is 476 g/mol. The lowest BCUT2D eigenvalue weighted by atomic mass is 10.2. The van der Waals surface area contributed by atoms with Crippen LogP contribution in [0.1, 0.15) is 6.92 Å². The molecule has 1 aromatic heterocycles. The van der Waals surface area contributed by atoms with Crippen molar-refractivity contribution in [3.05, 3.63) is 59.2 Å². The quantitative estimate of drug-likeness (QED) is 0.508. The number of hydrogen-bond acceptors (Lipinski definition) is 5. The molecule has 1 heterocycles. The minimum Gasteiger partial charge on any atom is -0.325 e. The molecule has 0 aliphatic rings. The molecule has 0 bridgehead atoms. The van der Waals surface area contributed by atoms with E-state index < -0.39 is 15.3 Å². The third-order valence-corrected chi connectivity index (χ3v) is 6.80. The second-order valence-corrected chi connectivity index (χ2v) is 10.1. The largest absolute Gasteiger partial charge is 0.325 e. The second-order valence-electron chi connectivity index (χ2n) is 6.31. The molecule has 3 aromatic rings. The van der Waals surface area contributed by atoms with E-state index >= 15 is 0 Å². The van der Waals surface area contributed by atoms with Crippen LogP contribution in [-0.4, -0.2) is 29.1 Å². The number of hydrogen-bond donors (Lipinski definition) is 2. The molecule has 152 valence electrons. The maximum atomic E-state index is 12.5. The van der Waals surface area contributed by atoms with E-state index in [0.717, 1.165) is 20.9 Å². The first-order valence-corrected chi connectivity index (χ1v) is 11.7. The maximum absolute atomic E-state index is 12.5. The van der Waals surface area contributed by atoms with Crippen molar-refractivity contribution in [1.29, 1.82) is 0 Å². The van der Waals surface area contributed by atoms with E-state index in [2.05, 4.69) is 26.2 Å². The van der Waals surface area contributed by atoms with Crippen LogP contribution >= 0.6 is 27.7 Å². The third kappa shape index (κ3) is 5.27. The molecule has 0 aliphatic carbocycles. The van der Waals surface area contributed by atoms with Crippen molar-refractivity contribution in [3.63, 3.8) is 0 Å². The number of nitrogens with zero attached hydrogens (tertiary/aromatic N) is 2. The summed E-state index contributed by atoms with van der Waals surface area (Å²) in [5.41, 5.74) is 2.47. The number of nitrogens with one attached hydrogen (secondary N) is 1. The highest BCUT2D eigenvalue weighted by atomic mass is 79.9. The fourth-order valence-corrected chi connectivity index (χ4v) is 4.21. The van der Waals surface area contributed by atoms with E-state index in [1.807, 2.05) is 35.9 Å². The maximum Gasteiger partial charge on any atom is 0.238 e. The van der Waals surface area contributed by atoms with E-state index in [4.69, 9.17) is 5.14 Å². The lowest BCUT2D eigenvalue weighted by Gasteiger charge is -2.12. The Hall–Kier alpha value is -2.14. The van der Waals surface area contributed by atoms with Crippen molar-refractivity contribution in [2.75, 3.05) is 5.32 Å². The Morgan fingerprint density at radius 1 is 1.17 bits per heavy atom. The normalized spacial score (nSPS) is 12.6. The molecule has 1 amide bonds. The Morgan fingerprint density at radius 2 is 1.79 bits per heavy atom. The van der Waals surface area contributed by atoms with Gasteiger partial charge in [0.15, 0.2) is 5.16 Å². The minimum atomic E-state index is -3.76. The van der Waals surface area contributed by atoms with Gasteiger partial charge in [-0.3, -0.25) is 4.79 Å². The van der Waals surface area contributed by atoms with Crippen LogP contribution in [0.25, 0.3) is 11.3 Å². The molecule has 0 aliphatic heterocycles. The van der Waals surface area contributed by atoms with E-state index in [1.54, 1.807) is 13.1 Å². The Balaban J connectivity index is 1.68. The van der Waals surface area contributed by atoms with Crippen molar-refractivity contribution in [3.8, 4) is 11.3 Å². The molecule has 0 saturated carbocycles. The molecule has 3 rings (SSSR count). The smallest absolute Gasteiger partial charge is 0.238 e. The topological polar surface area (TPSA) is 107 Å². The molecule has 29 heavy (non-hydrogen) atoms. The Kier molecular flexibility index (Phi) is 6.47. The summed E-state index contributed by atoms with van der Waals surface area (Å²) in [7, 11) is -1.86. The second kappa shape index (κ2) is 8.70. The van der Waals surface area contributed by atoms with Crippen LogP contribution in [0.3, 0.4) is 0 Å². The van der Waals surface area contributed by atoms with Crippen LogP contribution in [0, 0.1) is 0 Å². The van der Waals surface area contributed by atoms with E-state index in [1.165, 1.54) is 36.0 Å². The van der Waals surface area contributed by atoms with Gasteiger partial charge in [-0.15, -0.1) is 0 Å². The number of thioether (sulfide) groups is 1. The third-order valence-electron chi connectivity index (χ3n) is 4.19. The highest BCUT2D eigenvalue weighted by Crippen LogP contribution is 2.28. The Morgan fingerprint density at radius 3 is 2.38 bits per heavy atom. The molecular formula is C19H19BrN4O3S2. The molecule has 0 saturated heterocycles. The van der Waals surface area contributed by atoms with Crippen LogP contribution in [0.4, 0.5) is 5.69 Å². The fourth-order valence-electron chi connectivity index (χ4n) is 2.57. The lowest BCUT2D eigenvalue weighted by molar-refractivity contribution is -0.115. The molecule has 0 spiro atoms. The van der Waals surface area contributed by atoms with Gasteiger partial charge in [0.2, 0.25) is 15.9 Å². The summed E-state index contributed by atoms with van der Waals surface area (Å²) in [6.45, 7) is 1.78. The van der Waals surface area contributed by atoms with Crippen LogP contribution in [0.2, 0.25) is 0 Å². The summed E-state index contributed by atoms with van der Waals surface area (Å²) < 4.78 is 25.6. The van der Waals surface area contributed by atoms with E-state index in [-0.39, 0.29) is 10.8 Å². The zero-order valence-electron chi connectivity index (χ0n) is 15.7. The van der Waals surface area contributed by atoms with Crippen molar-refractivity contribution < 1.29 is 13.2 Å². The van der Waals surface area contributed by atoms with Gasteiger partial charge < -0.3 is 9.88 Å². The number of carbonyl (C=O) groups excluding carboxylic acids is 1. The fraction of sp³-hybridized carbons (Fsp3) is 0.158. The number of amides is 1. The number of sulfonamides is 1. The number of carbonyl (C=O) groups is 1. The molecule has 3 N–H and O–H groups in total.